The Morgan fingerprint density at radius 3 is 2.38 bits per heavy atom. The first-order valence-electron chi connectivity index (χ1n) is 10.8. The Bertz CT molecular complexity index is 1140. The van der Waals surface area contributed by atoms with Gasteiger partial charge >= 0.3 is 0 Å². The molecule has 2 aromatic rings. The number of hydrogen-bond donors (Lipinski definition) is 1. The molecule has 186 valence electrons. The summed E-state index contributed by atoms with van der Waals surface area (Å²) < 4.78 is 31.6. The molecule has 2 amide bonds. The van der Waals surface area contributed by atoms with Crippen molar-refractivity contribution in [2.45, 2.75) is 46.3 Å². The molecule has 0 spiro atoms. The predicted octanol–water partition coefficient (Wildman–Crippen LogP) is 3.36. The van der Waals surface area contributed by atoms with Crippen molar-refractivity contribution < 1.29 is 22.7 Å². The molecule has 8 nitrogen and oxygen atoms in total. The number of nitrogens with one attached hydrogen (secondary N) is 1. The number of amides is 2. The van der Waals surface area contributed by atoms with Crippen LogP contribution in [0.1, 0.15) is 31.9 Å². The van der Waals surface area contributed by atoms with Gasteiger partial charge in [0.1, 0.15) is 18.3 Å². The number of rotatable bonds is 10. The van der Waals surface area contributed by atoms with Crippen LogP contribution in [0.25, 0.3) is 0 Å². The number of anilines is 1. The van der Waals surface area contributed by atoms with Gasteiger partial charge in [-0.3, -0.25) is 13.9 Å². The van der Waals surface area contributed by atoms with E-state index >= 15 is 0 Å². The van der Waals surface area contributed by atoms with Gasteiger partial charge in [0, 0.05) is 17.6 Å². The maximum atomic E-state index is 13.5. The first-order chi connectivity index (χ1) is 15.8. The molecular weight excluding hydrogens is 478 g/mol. The second kappa shape index (κ2) is 11.6. The Balaban J connectivity index is 2.45. The number of carbonyl (C=O) groups excluding carboxylic acids is 2. The zero-order valence-electron chi connectivity index (χ0n) is 20.3. The lowest BCUT2D eigenvalue weighted by Crippen LogP contribution is -2.52. The van der Waals surface area contributed by atoms with Crippen molar-refractivity contribution >= 4 is 39.1 Å². The van der Waals surface area contributed by atoms with Crippen LogP contribution >= 0.6 is 11.6 Å². The number of benzene rings is 2. The fraction of sp³-hybridized carbons (Fsp3) is 0.417. The fourth-order valence-corrected chi connectivity index (χ4v) is 4.47. The van der Waals surface area contributed by atoms with E-state index in [1.165, 1.54) is 18.1 Å². The Labute approximate surface area is 206 Å². The molecule has 0 heterocycles. The van der Waals surface area contributed by atoms with Crippen LogP contribution in [0.3, 0.4) is 0 Å². The molecule has 10 heteroatoms. The Morgan fingerprint density at radius 1 is 1.12 bits per heavy atom. The van der Waals surface area contributed by atoms with Crippen LogP contribution in [0, 0.1) is 6.92 Å². The maximum absolute atomic E-state index is 13.5. The standard InChI is InChI=1S/C24H32ClN3O5S/c1-16(2)26-24(30)18(4)27(14-19-8-7-9-21(12-19)33-5)23(29)15-28(34(6,31)32)22-13-20(25)11-10-17(22)3/h7-13,16,18H,14-15H2,1-6H3,(H,26,30)/t18-/m1/s1. The van der Waals surface area contributed by atoms with Crippen molar-refractivity contribution in [2.75, 3.05) is 24.2 Å². The summed E-state index contributed by atoms with van der Waals surface area (Å²) in [7, 11) is -2.29. The van der Waals surface area contributed by atoms with Gasteiger partial charge in [0.05, 0.1) is 19.1 Å². The summed E-state index contributed by atoms with van der Waals surface area (Å²) in [6.45, 7) is 6.61. The smallest absolute Gasteiger partial charge is 0.244 e. The second-order valence-electron chi connectivity index (χ2n) is 8.41. The Morgan fingerprint density at radius 2 is 1.79 bits per heavy atom. The maximum Gasteiger partial charge on any atom is 0.244 e. The molecule has 34 heavy (non-hydrogen) atoms. The Hall–Kier alpha value is -2.78. The number of sulfonamides is 1. The summed E-state index contributed by atoms with van der Waals surface area (Å²) >= 11 is 6.10. The van der Waals surface area contributed by atoms with Gasteiger partial charge in [-0.05, 0) is 63.1 Å². The van der Waals surface area contributed by atoms with Crippen molar-refractivity contribution in [1.82, 2.24) is 10.2 Å². The summed E-state index contributed by atoms with van der Waals surface area (Å²) in [6, 6.07) is 11.0. The van der Waals surface area contributed by atoms with E-state index in [0.29, 0.717) is 22.0 Å². The summed E-state index contributed by atoms with van der Waals surface area (Å²) in [6.07, 6.45) is 1.03. The molecule has 0 bridgehead atoms. The van der Waals surface area contributed by atoms with E-state index in [9.17, 15) is 18.0 Å². The molecule has 0 fully saturated rings. The molecule has 0 aliphatic carbocycles. The number of halogens is 1. The highest BCUT2D eigenvalue weighted by molar-refractivity contribution is 7.92. The van der Waals surface area contributed by atoms with Crippen molar-refractivity contribution in [2.24, 2.45) is 0 Å². The van der Waals surface area contributed by atoms with E-state index < -0.39 is 28.5 Å². The van der Waals surface area contributed by atoms with Gasteiger partial charge in [-0.15, -0.1) is 0 Å². The molecule has 2 rings (SSSR count). The van der Waals surface area contributed by atoms with E-state index in [2.05, 4.69) is 5.32 Å². The van der Waals surface area contributed by atoms with Gasteiger partial charge in [-0.25, -0.2) is 8.42 Å². The number of hydrogen-bond acceptors (Lipinski definition) is 5. The van der Waals surface area contributed by atoms with E-state index in [4.69, 9.17) is 16.3 Å². The number of carbonyl (C=O) groups is 2. The summed E-state index contributed by atoms with van der Waals surface area (Å²) in [5, 5.41) is 3.16. The predicted molar refractivity (Wildman–Crippen MR) is 135 cm³/mol. The third kappa shape index (κ3) is 7.36. The van der Waals surface area contributed by atoms with E-state index in [1.54, 1.807) is 44.2 Å². The quantitative estimate of drug-likeness (QED) is 0.529. The number of nitrogens with zero attached hydrogens (tertiary/aromatic N) is 2. The second-order valence-corrected chi connectivity index (χ2v) is 10.8. The zero-order valence-corrected chi connectivity index (χ0v) is 21.9. The average Bonchev–Trinajstić information content (AvgIpc) is 2.75. The van der Waals surface area contributed by atoms with Crippen LogP contribution in [-0.4, -0.2) is 57.1 Å². The third-order valence-electron chi connectivity index (χ3n) is 5.20. The van der Waals surface area contributed by atoms with Crippen LogP contribution in [-0.2, 0) is 26.2 Å². The average molecular weight is 510 g/mol. The number of aryl methyl sites for hydroxylation is 1. The van der Waals surface area contributed by atoms with Crippen LogP contribution < -0.4 is 14.4 Å². The molecule has 0 saturated heterocycles. The highest BCUT2D eigenvalue weighted by Gasteiger charge is 2.31. The monoisotopic (exact) mass is 509 g/mol. The third-order valence-corrected chi connectivity index (χ3v) is 6.57. The normalized spacial score (nSPS) is 12.2. The minimum absolute atomic E-state index is 0.0921. The summed E-state index contributed by atoms with van der Waals surface area (Å²) in [5.74, 6) is -0.258. The first kappa shape index (κ1) is 27.5. The van der Waals surface area contributed by atoms with Gasteiger partial charge in [-0.1, -0.05) is 29.8 Å². The van der Waals surface area contributed by atoms with Crippen molar-refractivity contribution in [3.63, 3.8) is 0 Å². The molecular formula is C24H32ClN3O5S. The molecule has 1 atom stereocenters. The molecule has 0 unspecified atom stereocenters. The minimum atomic E-state index is -3.83. The Kier molecular flexibility index (Phi) is 9.35. The highest BCUT2D eigenvalue weighted by Crippen LogP contribution is 2.27. The van der Waals surface area contributed by atoms with Crippen LogP contribution in [0.2, 0.25) is 5.02 Å². The molecule has 0 aliphatic rings. The number of ether oxygens (including phenoxy) is 1. The van der Waals surface area contributed by atoms with Gasteiger partial charge in [0.15, 0.2) is 0 Å². The molecule has 0 radical (unpaired) electrons. The molecule has 0 saturated carbocycles. The summed E-state index contributed by atoms with van der Waals surface area (Å²) in [5.41, 5.74) is 1.69. The van der Waals surface area contributed by atoms with Gasteiger partial charge in [0.2, 0.25) is 21.8 Å². The molecule has 0 aromatic heterocycles. The van der Waals surface area contributed by atoms with Crippen LogP contribution in [0.15, 0.2) is 42.5 Å². The van der Waals surface area contributed by atoms with Crippen molar-refractivity contribution in [3.8, 4) is 5.75 Å². The van der Waals surface area contributed by atoms with Crippen molar-refractivity contribution in [1.29, 1.82) is 0 Å². The lowest BCUT2D eigenvalue weighted by molar-refractivity contribution is -0.139. The van der Waals surface area contributed by atoms with Crippen LogP contribution in [0.4, 0.5) is 5.69 Å². The summed E-state index contributed by atoms with van der Waals surface area (Å²) in [4.78, 5) is 27.7. The SMILES string of the molecule is COc1cccc(CN(C(=O)CN(c2cc(Cl)ccc2C)S(C)(=O)=O)[C@H](C)C(=O)NC(C)C)c1. The number of methoxy groups -OCH3 is 1. The van der Waals surface area contributed by atoms with Gasteiger partial charge < -0.3 is 15.0 Å². The van der Waals surface area contributed by atoms with E-state index in [0.717, 1.165) is 16.1 Å². The van der Waals surface area contributed by atoms with Crippen LogP contribution in [0.5, 0.6) is 5.75 Å². The first-order valence-corrected chi connectivity index (χ1v) is 13.0. The minimum Gasteiger partial charge on any atom is -0.497 e. The van der Waals surface area contributed by atoms with Gasteiger partial charge in [-0.2, -0.15) is 0 Å². The lowest BCUT2D eigenvalue weighted by atomic mass is 10.1. The lowest BCUT2D eigenvalue weighted by Gasteiger charge is -2.32. The van der Waals surface area contributed by atoms with Crippen molar-refractivity contribution in [3.05, 3.63) is 58.6 Å². The molecule has 1 N–H and O–H groups in total. The topological polar surface area (TPSA) is 96.0 Å². The highest BCUT2D eigenvalue weighted by atomic mass is 35.5. The van der Waals surface area contributed by atoms with E-state index in [-0.39, 0.29) is 18.5 Å². The molecule has 0 aliphatic heterocycles. The van der Waals surface area contributed by atoms with E-state index in [1.807, 2.05) is 19.9 Å². The fourth-order valence-electron chi connectivity index (χ4n) is 3.40. The zero-order chi connectivity index (χ0) is 25.6. The molecule has 2 aromatic carbocycles. The van der Waals surface area contributed by atoms with Gasteiger partial charge in [0.25, 0.3) is 0 Å². The largest absolute Gasteiger partial charge is 0.497 e.